The van der Waals surface area contributed by atoms with E-state index in [1.165, 1.54) is 16.5 Å². The zero-order valence-corrected chi connectivity index (χ0v) is 20.1. The van der Waals surface area contributed by atoms with E-state index in [-0.39, 0.29) is 6.10 Å². The van der Waals surface area contributed by atoms with E-state index in [1.807, 2.05) is 24.6 Å². The number of aliphatic hydroxyl groups is 1. The van der Waals surface area contributed by atoms with E-state index in [4.69, 9.17) is 4.74 Å². The molecule has 4 aromatic rings. The van der Waals surface area contributed by atoms with Crippen LogP contribution in [0.2, 0.25) is 0 Å². The van der Waals surface area contributed by atoms with Crippen LogP contribution >= 0.6 is 0 Å². The van der Waals surface area contributed by atoms with E-state index in [0.717, 1.165) is 41.1 Å². The first-order valence-electron chi connectivity index (χ1n) is 11.7. The molecule has 0 aliphatic carbocycles. The molecule has 1 atom stereocenters. The first-order valence-corrected chi connectivity index (χ1v) is 11.7. The number of β-amino-alcohol motifs (C(OH)–C–C–N with tert-alkyl or cyclic N) is 1. The molecule has 174 valence electrons. The molecule has 7 heteroatoms. The number of nitrogens with zero attached hydrogens (tertiary/aromatic N) is 4. The molecule has 0 amide bonds. The number of benzene rings is 1. The summed E-state index contributed by atoms with van der Waals surface area (Å²) in [4.78, 5) is 10.3. The van der Waals surface area contributed by atoms with Crippen molar-refractivity contribution >= 4 is 16.6 Å². The normalized spacial score (nSPS) is 18.1. The highest BCUT2D eigenvalue weighted by Gasteiger charge is 2.27. The monoisotopic (exact) mass is 447 g/mol. The first kappa shape index (κ1) is 22.1. The zero-order valence-electron chi connectivity index (χ0n) is 20.1. The number of morpholine rings is 1. The standard InChI is InChI=1S/C26H33N5O2/c1-16(2)23-20-11-18(22-13-30(8-9-33-22)14-26(4,5)32)6-7-21(20)29-24(23)19-10-17(3)25-27-15-28-31(25)12-19/h6-7,10-12,15-16,22,29,32H,8-9,13-14H2,1-5H3. The van der Waals surface area contributed by atoms with Crippen LogP contribution in [0.3, 0.4) is 0 Å². The van der Waals surface area contributed by atoms with E-state index >= 15 is 0 Å². The predicted octanol–water partition coefficient (Wildman–Crippen LogP) is 4.45. The second-order valence-corrected chi connectivity index (χ2v) is 10.2. The van der Waals surface area contributed by atoms with Gasteiger partial charge in [0, 0.05) is 42.3 Å². The van der Waals surface area contributed by atoms with Crippen molar-refractivity contribution in [2.75, 3.05) is 26.2 Å². The Bertz CT molecular complexity index is 1300. The zero-order chi connectivity index (χ0) is 23.3. The lowest BCUT2D eigenvalue weighted by atomic mass is 9.94. The second kappa shape index (κ2) is 8.24. The van der Waals surface area contributed by atoms with Crippen LogP contribution in [0.1, 0.15) is 56.4 Å². The maximum absolute atomic E-state index is 10.3. The number of nitrogens with one attached hydrogen (secondary N) is 1. The average molecular weight is 448 g/mol. The summed E-state index contributed by atoms with van der Waals surface area (Å²) in [5.41, 5.74) is 7.11. The fraction of sp³-hybridized carbons (Fsp3) is 0.462. The number of hydrogen-bond donors (Lipinski definition) is 2. The highest BCUT2D eigenvalue weighted by Crippen LogP contribution is 2.37. The van der Waals surface area contributed by atoms with E-state index in [0.29, 0.717) is 19.1 Å². The van der Waals surface area contributed by atoms with Crippen molar-refractivity contribution < 1.29 is 9.84 Å². The molecule has 1 aliphatic heterocycles. The third kappa shape index (κ3) is 4.28. The van der Waals surface area contributed by atoms with Crippen LogP contribution < -0.4 is 0 Å². The fourth-order valence-corrected chi connectivity index (χ4v) is 5.08. The van der Waals surface area contributed by atoms with Gasteiger partial charge in [0.2, 0.25) is 0 Å². The molecule has 5 rings (SSSR count). The van der Waals surface area contributed by atoms with E-state index in [1.54, 1.807) is 6.33 Å². The number of pyridine rings is 1. The Morgan fingerprint density at radius 3 is 2.85 bits per heavy atom. The number of H-pyrrole nitrogens is 1. The van der Waals surface area contributed by atoms with Crippen molar-refractivity contribution in [2.24, 2.45) is 0 Å². The van der Waals surface area contributed by atoms with E-state index in [9.17, 15) is 5.11 Å². The molecule has 4 heterocycles. The number of fused-ring (bicyclic) bond motifs is 2. The number of rotatable bonds is 5. The highest BCUT2D eigenvalue weighted by atomic mass is 16.5. The number of ether oxygens (including phenoxy) is 1. The summed E-state index contributed by atoms with van der Waals surface area (Å²) in [7, 11) is 0. The van der Waals surface area contributed by atoms with Crippen LogP contribution in [0.25, 0.3) is 27.8 Å². The molecule has 1 aliphatic rings. The Morgan fingerprint density at radius 1 is 1.27 bits per heavy atom. The minimum atomic E-state index is -0.713. The quantitative estimate of drug-likeness (QED) is 0.472. The van der Waals surface area contributed by atoms with Crippen molar-refractivity contribution in [1.82, 2.24) is 24.5 Å². The molecular weight excluding hydrogens is 414 g/mol. The number of aromatic amines is 1. The van der Waals surface area contributed by atoms with Gasteiger partial charge in [-0.3, -0.25) is 4.90 Å². The highest BCUT2D eigenvalue weighted by molar-refractivity contribution is 5.92. The molecule has 0 spiro atoms. The van der Waals surface area contributed by atoms with Crippen LogP contribution in [0.5, 0.6) is 0 Å². The van der Waals surface area contributed by atoms with Crippen LogP contribution in [-0.2, 0) is 4.74 Å². The van der Waals surface area contributed by atoms with Gasteiger partial charge in [0.25, 0.3) is 0 Å². The van der Waals surface area contributed by atoms with Crippen LogP contribution in [0, 0.1) is 6.92 Å². The van der Waals surface area contributed by atoms with Gasteiger partial charge in [0.1, 0.15) is 6.33 Å². The third-order valence-corrected chi connectivity index (χ3v) is 6.42. The molecule has 1 aromatic carbocycles. The minimum absolute atomic E-state index is 0.00222. The summed E-state index contributed by atoms with van der Waals surface area (Å²) in [6.07, 6.45) is 3.64. The average Bonchev–Trinajstić information content (AvgIpc) is 3.37. The van der Waals surface area contributed by atoms with Crippen molar-refractivity contribution in [2.45, 2.75) is 52.2 Å². The molecular formula is C26H33N5O2. The summed E-state index contributed by atoms with van der Waals surface area (Å²) in [6.45, 7) is 13.2. The van der Waals surface area contributed by atoms with Crippen LogP contribution in [0.4, 0.5) is 0 Å². The van der Waals surface area contributed by atoms with Gasteiger partial charge in [-0.2, -0.15) is 5.10 Å². The molecule has 7 nitrogen and oxygen atoms in total. The van der Waals surface area contributed by atoms with Crippen LogP contribution in [0.15, 0.2) is 36.8 Å². The van der Waals surface area contributed by atoms with Crippen molar-refractivity contribution in [3.8, 4) is 11.3 Å². The van der Waals surface area contributed by atoms with Gasteiger partial charge < -0.3 is 14.8 Å². The first-order chi connectivity index (χ1) is 15.7. The van der Waals surface area contributed by atoms with Gasteiger partial charge >= 0.3 is 0 Å². The smallest absolute Gasteiger partial charge is 0.158 e. The lowest BCUT2D eigenvalue weighted by molar-refractivity contribution is -0.0563. The van der Waals surface area contributed by atoms with Gasteiger partial charge in [-0.15, -0.1) is 0 Å². The van der Waals surface area contributed by atoms with Crippen molar-refractivity contribution in [1.29, 1.82) is 0 Å². The lowest BCUT2D eigenvalue weighted by Gasteiger charge is -2.36. The molecule has 33 heavy (non-hydrogen) atoms. The number of hydrogen-bond acceptors (Lipinski definition) is 5. The molecule has 0 radical (unpaired) electrons. The summed E-state index contributed by atoms with van der Waals surface area (Å²) >= 11 is 0. The minimum Gasteiger partial charge on any atom is -0.389 e. The Morgan fingerprint density at radius 2 is 2.09 bits per heavy atom. The predicted molar refractivity (Wildman–Crippen MR) is 131 cm³/mol. The summed E-state index contributed by atoms with van der Waals surface area (Å²) < 4.78 is 8.00. The summed E-state index contributed by atoms with van der Waals surface area (Å²) in [6, 6.07) is 8.79. The van der Waals surface area contributed by atoms with Crippen molar-refractivity contribution in [3.05, 3.63) is 53.5 Å². The Kier molecular flexibility index (Phi) is 5.51. The Balaban J connectivity index is 1.55. The number of aromatic nitrogens is 4. The van der Waals surface area contributed by atoms with Crippen molar-refractivity contribution in [3.63, 3.8) is 0 Å². The molecule has 0 saturated carbocycles. The molecule has 1 fully saturated rings. The van der Waals surface area contributed by atoms with Gasteiger partial charge in [0.05, 0.1) is 24.0 Å². The fourth-order valence-electron chi connectivity index (χ4n) is 5.08. The number of aryl methyl sites for hydroxylation is 1. The Hall–Kier alpha value is -2.74. The summed E-state index contributed by atoms with van der Waals surface area (Å²) in [5.74, 6) is 0.342. The van der Waals surface area contributed by atoms with Gasteiger partial charge in [-0.1, -0.05) is 19.9 Å². The largest absolute Gasteiger partial charge is 0.389 e. The SMILES string of the molecule is Cc1cc(-c2[nH]c3ccc(C4CN(CC(C)(C)O)CCO4)cc3c2C(C)C)cn2ncnc12. The topological polar surface area (TPSA) is 78.7 Å². The van der Waals surface area contributed by atoms with Gasteiger partial charge in [-0.25, -0.2) is 9.50 Å². The lowest BCUT2D eigenvalue weighted by Crippen LogP contribution is -2.45. The molecule has 1 saturated heterocycles. The maximum Gasteiger partial charge on any atom is 0.158 e. The second-order valence-electron chi connectivity index (χ2n) is 10.2. The van der Waals surface area contributed by atoms with Gasteiger partial charge in [0.15, 0.2) is 5.65 Å². The molecule has 1 unspecified atom stereocenters. The molecule has 2 N–H and O–H groups in total. The van der Waals surface area contributed by atoms with Gasteiger partial charge in [-0.05, 0) is 61.6 Å². The van der Waals surface area contributed by atoms with E-state index in [2.05, 4.69) is 65.0 Å². The molecule has 3 aromatic heterocycles. The maximum atomic E-state index is 10.3. The van der Waals surface area contributed by atoms with Crippen LogP contribution in [-0.4, -0.2) is 61.4 Å². The van der Waals surface area contributed by atoms with E-state index < -0.39 is 5.60 Å². The molecule has 0 bridgehead atoms. The summed E-state index contributed by atoms with van der Waals surface area (Å²) in [5, 5.41) is 15.8. The third-order valence-electron chi connectivity index (χ3n) is 6.42. The Labute approximate surface area is 194 Å².